The lowest BCUT2D eigenvalue weighted by atomic mass is 9.77. The Hall–Kier alpha value is -2.72. The van der Waals surface area contributed by atoms with Crippen LogP contribution in [-0.4, -0.2) is 22.9 Å². The molecular formula is C22H20ClNO3. The molecule has 3 rings (SSSR count). The van der Waals surface area contributed by atoms with Crippen molar-refractivity contribution >= 4 is 35.1 Å². The third kappa shape index (κ3) is 4.34. The van der Waals surface area contributed by atoms with Crippen molar-refractivity contribution in [2.45, 2.75) is 26.7 Å². The lowest BCUT2D eigenvalue weighted by Gasteiger charge is -2.28. The predicted octanol–water partition coefficient (Wildman–Crippen LogP) is 5.47. The number of allylic oxidation sites excluding steroid dienone is 2. The summed E-state index contributed by atoms with van der Waals surface area (Å²) < 4.78 is 0. The molecule has 2 aromatic rings. The van der Waals surface area contributed by atoms with Crippen LogP contribution in [0.4, 0.5) is 5.69 Å². The molecule has 5 heteroatoms. The number of rotatable bonds is 4. The topological polar surface area (TPSA) is 66.7 Å². The van der Waals surface area contributed by atoms with E-state index in [9.17, 15) is 14.7 Å². The number of carbonyl (C=O) groups is 2. The molecule has 138 valence electrons. The van der Waals surface area contributed by atoms with Crippen molar-refractivity contribution in [2.24, 2.45) is 10.4 Å². The van der Waals surface area contributed by atoms with Crippen LogP contribution in [0.15, 0.2) is 64.9 Å². The maximum atomic E-state index is 12.8. The number of carbonyl (C=O) groups excluding carboxylic acids is 2. The van der Waals surface area contributed by atoms with Crippen LogP contribution in [0.5, 0.6) is 0 Å². The summed E-state index contributed by atoms with van der Waals surface area (Å²) in [6.45, 7) is 3.87. The van der Waals surface area contributed by atoms with E-state index in [1.165, 1.54) is 6.21 Å². The van der Waals surface area contributed by atoms with Gasteiger partial charge in [0.2, 0.25) is 0 Å². The summed E-state index contributed by atoms with van der Waals surface area (Å²) in [4.78, 5) is 29.5. The predicted molar refractivity (Wildman–Crippen MR) is 107 cm³/mol. The minimum absolute atomic E-state index is 0.0323. The van der Waals surface area contributed by atoms with Crippen LogP contribution in [0.3, 0.4) is 0 Å². The monoisotopic (exact) mass is 381 g/mol. The number of ketones is 2. The molecule has 0 aliphatic heterocycles. The molecule has 1 N–H and O–H groups in total. The van der Waals surface area contributed by atoms with E-state index in [4.69, 9.17) is 11.6 Å². The highest BCUT2D eigenvalue weighted by Crippen LogP contribution is 2.35. The number of hydrogen-bond acceptors (Lipinski definition) is 4. The second-order valence-corrected chi connectivity index (χ2v) is 7.85. The second kappa shape index (κ2) is 7.49. The Morgan fingerprint density at radius 2 is 1.85 bits per heavy atom. The fourth-order valence-electron chi connectivity index (χ4n) is 3.13. The number of aliphatic hydroxyl groups is 1. The van der Waals surface area contributed by atoms with Gasteiger partial charge in [-0.2, -0.15) is 0 Å². The zero-order valence-electron chi connectivity index (χ0n) is 15.2. The number of nitrogens with zero attached hydrogens (tertiary/aromatic N) is 1. The quantitative estimate of drug-likeness (QED) is 0.563. The van der Waals surface area contributed by atoms with Crippen LogP contribution in [0, 0.1) is 5.41 Å². The van der Waals surface area contributed by atoms with Crippen molar-refractivity contribution in [3.8, 4) is 0 Å². The first-order chi connectivity index (χ1) is 12.8. The highest BCUT2D eigenvalue weighted by molar-refractivity contribution is 6.31. The number of benzene rings is 2. The average Bonchev–Trinajstić information content (AvgIpc) is 2.61. The van der Waals surface area contributed by atoms with Crippen molar-refractivity contribution in [3.63, 3.8) is 0 Å². The minimum atomic E-state index is -0.271. The first-order valence-electron chi connectivity index (χ1n) is 8.65. The maximum absolute atomic E-state index is 12.8. The van der Waals surface area contributed by atoms with Gasteiger partial charge < -0.3 is 5.11 Å². The molecule has 0 amide bonds. The van der Waals surface area contributed by atoms with Gasteiger partial charge in [0.1, 0.15) is 5.76 Å². The van der Waals surface area contributed by atoms with Crippen molar-refractivity contribution in [2.75, 3.05) is 0 Å². The molecule has 0 bridgehead atoms. The Bertz CT molecular complexity index is 959. The minimum Gasteiger partial charge on any atom is -0.511 e. The molecule has 0 atom stereocenters. The number of Topliss-reactive ketones (excluding diaryl/α,β-unsaturated/α-hetero) is 1. The Labute approximate surface area is 163 Å². The first-order valence-corrected chi connectivity index (χ1v) is 9.03. The van der Waals surface area contributed by atoms with Crippen LogP contribution in [-0.2, 0) is 4.79 Å². The van der Waals surface area contributed by atoms with Gasteiger partial charge in [-0.25, -0.2) is 0 Å². The van der Waals surface area contributed by atoms with E-state index < -0.39 is 0 Å². The largest absolute Gasteiger partial charge is 0.511 e. The van der Waals surface area contributed by atoms with E-state index in [1.54, 1.807) is 42.5 Å². The lowest BCUT2D eigenvalue weighted by molar-refractivity contribution is -0.117. The molecule has 0 unspecified atom stereocenters. The van der Waals surface area contributed by atoms with Crippen LogP contribution in [0.1, 0.15) is 42.6 Å². The van der Waals surface area contributed by atoms with E-state index in [0.717, 1.165) is 0 Å². The fraction of sp³-hybridized carbons (Fsp3) is 0.227. The zero-order chi connectivity index (χ0) is 19.6. The molecule has 0 fully saturated rings. The van der Waals surface area contributed by atoms with E-state index in [1.807, 2.05) is 19.9 Å². The van der Waals surface area contributed by atoms with Crippen LogP contribution >= 0.6 is 11.6 Å². The second-order valence-electron chi connectivity index (χ2n) is 7.42. The molecule has 0 radical (unpaired) electrons. The third-order valence-electron chi connectivity index (χ3n) is 4.47. The SMILES string of the molecule is CC1(C)CC(=O)C(C=Nc2ccc(Cl)cc2C(=O)c2ccccc2)=C(O)C1. The van der Waals surface area contributed by atoms with Crippen LogP contribution in [0.25, 0.3) is 0 Å². The first kappa shape index (κ1) is 19.1. The fourth-order valence-corrected chi connectivity index (χ4v) is 3.30. The summed E-state index contributed by atoms with van der Waals surface area (Å²) >= 11 is 6.07. The number of halogens is 1. The van der Waals surface area contributed by atoms with Gasteiger partial charge in [-0.3, -0.25) is 14.6 Å². The third-order valence-corrected chi connectivity index (χ3v) is 4.70. The van der Waals surface area contributed by atoms with Crippen molar-refractivity contribution < 1.29 is 14.7 Å². The number of aliphatic imine (C=N–C) groups is 1. The van der Waals surface area contributed by atoms with E-state index in [2.05, 4.69) is 4.99 Å². The molecule has 0 saturated carbocycles. The van der Waals surface area contributed by atoms with Gasteiger partial charge in [0.25, 0.3) is 0 Å². The summed E-state index contributed by atoms with van der Waals surface area (Å²) in [7, 11) is 0. The summed E-state index contributed by atoms with van der Waals surface area (Å²) in [5.74, 6) is -0.332. The number of aliphatic hydroxyl groups excluding tert-OH is 1. The highest BCUT2D eigenvalue weighted by Gasteiger charge is 2.32. The van der Waals surface area contributed by atoms with Gasteiger partial charge in [0, 0.05) is 35.2 Å². The van der Waals surface area contributed by atoms with Crippen molar-refractivity contribution in [1.29, 1.82) is 0 Å². The van der Waals surface area contributed by atoms with Crippen molar-refractivity contribution in [1.82, 2.24) is 0 Å². The smallest absolute Gasteiger partial charge is 0.195 e. The Balaban J connectivity index is 1.98. The highest BCUT2D eigenvalue weighted by atomic mass is 35.5. The Morgan fingerprint density at radius 3 is 2.52 bits per heavy atom. The summed E-state index contributed by atoms with van der Waals surface area (Å²) in [6.07, 6.45) is 2.10. The summed E-state index contributed by atoms with van der Waals surface area (Å²) in [5, 5.41) is 10.7. The zero-order valence-corrected chi connectivity index (χ0v) is 16.0. The van der Waals surface area contributed by atoms with E-state index >= 15 is 0 Å². The molecule has 4 nitrogen and oxygen atoms in total. The van der Waals surface area contributed by atoms with Gasteiger partial charge in [-0.15, -0.1) is 0 Å². The van der Waals surface area contributed by atoms with Gasteiger partial charge in [0.15, 0.2) is 11.6 Å². The molecule has 1 aliphatic rings. The maximum Gasteiger partial charge on any atom is 0.195 e. The Morgan fingerprint density at radius 1 is 1.15 bits per heavy atom. The van der Waals surface area contributed by atoms with Crippen LogP contribution < -0.4 is 0 Å². The molecule has 27 heavy (non-hydrogen) atoms. The van der Waals surface area contributed by atoms with Gasteiger partial charge in [-0.1, -0.05) is 55.8 Å². The average molecular weight is 382 g/mol. The lowest BCUT2D eigenvalue weighted by Crippen LogP contribution is -2.26. The summed E-state index contributed by atoms with van der Waals surface area (Å²) in [6, 6.07) is 13.7. The molecule has 2 aromatic carbocycles. The van der Waals surface area contributed by atoms with Crippen LogP contribution in [0.2, 0.25) is 5.02 Å². The molecule has 0 spiro atoms. The number of hydrogen-bond donors (Lipinski definition) is 1. The standard InChI is InChI=1S/C22H20ClNO3/c1-22(2)11-19(25)17(20(26)12-22)13-24-18-9-8-15(23)10-16(18)21(27)14-6-4-3-5-7-14/h3-10,13,25H,11-12H2,1-2H3. The molecule has 0 aromatic heterocycles. The van der Waals surface area contributed by atoms with Crippen molar-refractivity contribution in [3.05, 3.63) is 76.0 Å². The van der Waals surface area contributed by atoms with E-state index in [0.29, 0.717) is 34.7 Å². The molecule has 0 saturated heterocycles. The van der Waals surface area contributed by atoms with Gasteiger partial charge in [0.05, 0.1) is 11.3 Å². The van der Waals surface area contributed by atoms with Gasteiger partial charge >= 0.3 is 0 Å². The molecular weight excluding hydrogens is 362 g/mol. The molecule has 0 heterocycles. The summed E-state index contributed by atoms with van der Waals surface area (Å²) in [5.41, 5.74) is 1.18. The van der Waals surface area contributed by atoms with Gasteiger partial charge in [-0.05, 0) is 23.6 Å². The Kier molecular flexibility index (Phi) is 5.29. The molecule has 1 aliphatic carbocycles. The normalized spacial score (nSPS) is 16.8. The van der Waals surface area contributed by atoms with E-state index in [-0.39, 0.29) is 28.3 Å².